The minimum atomic E-state index is -0.935. The van der Waals surface area contributed by atoms with Gasteiger partial charge >= 0.3 is 23.5 Å². The summed E-state index contributed by atoms with van der Waals surface area (Å²) in [5, 5.41) is 0. The average molecular weight is 404 g/mol. The van der Waals surface area contributed by atoms with Crippen LogP contribution in [0.1, 0.15) is 46.4 Å². The SMILES string of the molecule is CCCCn1c(=O)[nH]c(=O)c2c1nc(CN1C(=O)C(=O)N(C(C)C)C1=O)n2CC. The maximum Gasteiger partial charge on any atom is 0.334 e. The molecule has 0 unspecified atom stereocenters. The molecule has 11 heteroatoms. The Morgan fingerprint density at radius 1 is 1.00 bits per heavy atom. The van der Waals surface area contributed by atoms with Crippen LogP contribution in [0, 0.1) is 0 Å². The van der Waals surface area contributed by atoms with E-state index in [-0.39, 0.29) is 23.5 Å². The van der Waals surface area contributed by atoms with Crippen molar-refractivity contribution >= 4 is 29.0 Å². The Kier molecular flexibility index (Phi) is 5.40. The number of nitrogens with zero attached hydrogens (tertiary/aromatic N) is 5. The number of carbonyl (C=O) groups excluding carboxylic acids is 3. The van der Waals surface area contributed by atoms with Crippen LogP contribution in [0.5, 0.6) is 0 Å². The summed E-state index contributed by atoms with van der Waals surface area (Å²) < 4.78 is 2.94. The van der Waals surface area contributed by atoms with Gasteiger partial charge in [0.25, 0.3) is 5.56 Å². The molecule has 2 aromatic rings. The smallest absolute Gasteiger partial charge is 0.321 e. The zero-order valence-corrected chi connectivity index (χ0v) is 16.9. The van der Waals surface area contributed by atoms with E-state index in [1.54, 1.807) is 25.3 Å². The van der Waals surface area contributed by atoms with E-state index in [0.717, 1.165) is 22.6 Å². The average Bonchev–Trinajstić information content (AvgIpc) is 3.12. The van der Waals surface area contributed by atoms with Crippen molar-refractivity contribution < 1.29 is 14.4 Å². The Balaban J connectivity index is 2.11. The molecule has 0 atom stereocenters. The summed E-state index contributed by atoms with van der Waals surface area (Å²) in [6, 6.07) is -1.18. The van der Waals surface area contributed by atoms with Gasteiger partial charge in [0.15, 0.2) is 11.2 Å². The molecule has 1 N–H and O–H groups in total. The van der Waals surface area contributed by atoms with Crippen LogP contribution in [0.3, 0.4) is 0 Å². The standard InChI is InChI=1S/C18H24N6O5/c1-5-7-8-22-13-12(14(25)20-17(22)28)21(6-2)11(19-13)9-23-15(26)16(27)24(10(3)4)18(23)29/h10H,5-9H2,1-4H3,(H,20,25,28). The molecule has 0 bridgehead atoms. The number of imide groups is 2. The lowest BCUT2D eigenvalue weighted by atomic mass is 10.3. The molecule has 1 fully saturated rings. The number of unbranched alkanes of at least 4 members (excludes halogenated alkanes) is 1. The van der Waals surface area contributed by atoms with Gasteiger partial charge in [-0.25, -0.2) is 19.5 Å². The highest BCUT2D eigenvalue weighted by Gasteiger charge is 2.46. The van der Waals surface area contributed by atoms with E-state index < -0.39 is 35.1 Å². The molecular weight excluding hydrogens is 380 g/mol. The van der Waals surface area contributed by atoms with E-state index in [1.165, 1.54) is 4.57 Å². The lowest BCUT2D eigenvalue weighted by molar-refractivity contribution is -0.144. The summed E-state index contributed by atoms with van der Waals surface area (Å²) in [6.45, 7) is 7.48. The Hall–Kier alpha value is -3.24. The monoisotopic (exact) mass is 404 g/mol. The molecule has 0 aromatic carbocycles. The first-order valence-electron chi connectivity index (χ1n) is 9.64. The number of amides is 4. The summed E-state index contributed by atoms with van der Waals surface area (Å²) in [5.74, 6) is -1.57. The van der Waals surface area contributed by atoms with Gasteiger partial charge in [-0.2, -0.15) is 0 Å². The molecule has 0 radical (unpaired) electrons. The largest absolute Gasteiger partial charge is 0.334 e. The maximum atomic E-state index is 12.6. The maximum absolute atomic E-state index is 12.6. The Morgan fingerprint density at radius 2 is 1.69 bits per heavy atom. The molecule has 3 rings (SSSR count). The van der Waals surface area contributed by atoms with E-state index in [2.05, 4.69) is 9.97 Å². The fraction of sp³-hybridized carbons (Fsp3) is 0.556. The number of H-pyrrole nitrogens is 1. The summed E-state index contributed by atoms with van der Waals surface area (Å²) in [6.07, 6.45) is 1.56. The molecular formula is C18H24N6O5. The number of carbonyl (C=O) groups is 3. The first kappa shape index (κ1) is 20.5. The number of aryl methyl sites for hydroxylation is 2. The van der Waals surface area contributed by atoms with E-state index in [4.69, 9.17) is 0 Å². The van der Waals surface area contributed by atoms with Crippen molar-refractivity contribution in [1.82, 2.24) is 28.9 Å². The van der Waals surface area contributed by atoms with Crippen LogP contribution in [0.4, 0.5) is 4.79 Å². The van der Waals surface area contributed by atoms with Gasteiger partial charge in [0, 0.05) is 19.1 Å². The number of fused-ring (bicyclic) bond motifs is 1. The van der Waals surface area contributed by atoms with Crippen molar-refractivity contribution in [3.05, 3.63) is 26.7 Å². The van der Waals surface area contributed by atoms with Gasteiger partial charge in [0.1, 0.15) is 5.82 Å². The highest BCUT2D eigenvalue weighted by Crippen LogP contribution is 2.20. The quantitative estimate of drug-likeness (QED) is 0.525. The molecule has 2 aromatic heterocycles. The second kappa shape index (κ2) is 7.64. The van der Waals surface area contributed by atoms with E-state index >= 15 is 0 Å². The number of hydrogen-bond donors (Lipinski definition) is 1. The number of rotatable bonds is 7. The molecule has 156 valence electrons. The van der Waals surface area contributed by atoms with Crippen LogP contribution in [0.15, 0.2) is 9.59 Å². The molecule has 3 heterocycles. The van der Waals surface area contributed by atoms with Crippen LogP contribution < -0.4 is 11.2 Å². The van der Waals surface area contributed by atoms with E-state index in [9.17, 15) is 24.0 Å². The summed E-state index contributed by atoms with van der Waals surface area (Å²) >= 11 is 0. The van der Waals surface area contributed by atoms with Crippen LogP contribution in [-0.4, -0.2) is 52.8 Å². The summed E-state index contributed by atoms with van der Waals surface area (Å²) in [4.78, 5) is 70.2. The topological polar surface area (TPSA) is 130 Å². The Labute approximate surface area is 165 Å². The van der Waals surface area contributed by atoms with Gasteiger partial charge < -0.3 is 4.57 Å². The number of imidazole rings is 1. The third-order valence-corrected chi connectivity index (χ3v) is 4.92. The molecule has 11 nitrogen and oxygen atoms in total. The third kappa shape index (κ3) is 3.26. The van der Waals surface area contributed by atoms with Crippen molar-refractivity contribution in [2.45, 2.75) is 66.2 Å². The Morgan fingerprint density at radius 3 is 2.24 bits per heavy atom. The third-order valence-electron chi connectivity index (χ3n) is 4.92. The predicted octanol–water partition coefficient (Wildman–Crippen LogP) is 0.406. The molecule has 0 aliphatic carbocycles. The van der Waals surface area contributed by atoms with Gasteiger partial charge in [0.2, 0.25) is 0 Å². The lowest BCUT2D eigenvalue weighted by Gasteiger charge is -2.18. The van der Waals surface area contributed by atoms with Gasteiger partial charge in [-0.3, -0.25) is 28.8 Å². The van der Waals surface area contributed by atoms with Crippen LogP contribution in [0.25, 0.3) is 11.2 Å². The molecule has 1 aliphatic heterocycles. The zero-order chi connectivity index (χ0) is 21.5. The fourth-order valence-corrected chi connectivity index (χ4v) is 3.46. The van der Waals surface area contributed by atoms with Gasteiger partial charge in [-0.15, -0.1) is 0 Å². The predicted molar refractivity (Wildman–Crippen MR) is 103 cm³/mol. The van der Waals surface area contributed by atoms with Crippen LogP contribution in [-0.2, 0) is 29.2 Å². The zero-order valence-electron chi connectivity index (χ0n) is 16.9. The molecule has 29 heavy (non-hydrogen) atoms. The second-order valence-corrected chi connectivity index (χ2v) is 7.15. The van der Waals surface area contributed by atoms with E-state index in [0.29, 0.717) is 13.1 Å². The summed E-state index contributed by atoms with van der Waals surface area (Å²) in [5.41, 5.74) is -0.741. The minimum Gasteiger partial charge on any atom is -0.321 e. The van der Waals surface area contributed by atoms with Gasteiger partial charge in [-0.05, 0) is 27.2 Å². The minimum absolute atomic E-state index is 0.198. The molecule has 0 spiro atoms. The highest BCUT2D eigenvalue weighted by molar-refractivity contribution is 6.44. The number of nitrogens with one attached hydrogen (secondary N) is 1. The van der Waals surface area contributed by atoms with Gasteiger partial charge in [0.05, 0.1) is 6.54 Å². The number of aromatic nitrogens is 4. The lowest BCUT2D eigenvalue weighted by Crippen LogP contribution is -2.38. The van der Waals surface area contributed by atoms with Crippen LogP contribution in [0.2, 0.25) is 0 Å². The number of hydrogen-bond acceptors (Lipinski definition) is 6. The fourth-order valence-electron chi connectivity index (χ4n) is 3.46. The molecule has 1 saturated heterocycles. The molecule has 0 saturated carbocycles. The van der Waals surface area contributed by atoms with Crippen molar-refractivity contribution in [1.29, 1.82) is 0 Å². The second-order valence-electron chi connectivity index (χ2n) is 7.15. The van der Waals surface area contributed by atoms with Crippen molar-refractivity contribution in [3.63, 3.8) is 0 Å². The molecule has 1 aliphatic rings. The van der Waals surface area contributed by atoms with Crippen molar-refractivity contribution in [2.75, 3.05) is 0 Å². The Bertz CT molecular complexity index is 1110. The molecule has 4 amide bonds. The first-order chi connectivity index (χ1) is 13.7. The first-order valence-corrected chi connectivity index (χ1v) is 9.64. The summed E-state index contributed by atoms with van der Waals surface area (Å²) in [7, 11) is 0. The van der Waals surface area contributed by atoms with Gasteiger partial charge in [-0.1, -0.05) is 13.3 Å². The number of urea groups is 1. The van der Waals surface area contributed by atoms with E-state index in [1.807, 2.05) is 6.92 Å². The highest BCUT2D eigenvalue weighted by atomic mass is 16.2. The van der Waals surface area contributed by atoms with Crippen LogP contribution >= 0.6 is 0 Å². The normalized spacial score (nSPS) is 14.9. The van der Waals surface area contributed by atoms with Crippen molar-refractivity contribution in [2.24, 2.45) is 0 Å². The number of aromatic amines is 1. The van der Waals surface area contributed by atoms with Crippen molar-refractivity contribution in [3.8, 4) is 0 Å².